The Balaban J connectivity index is 1.57. The van der Waals surface area contributed by atoms with Crippen LogP contribution in [0.15, 0.2) is 42.1 Å². The van der Waals surface area contributed by atoms with Crippen LogP contribution in [0.1, 0.15) is 18.4 Å². The molecule has 3 nitrogen and oxygen atoms in total. The summed E-state index contributed by atoms with van der Waals surface area (Å²) in [6, 6.07) is 10.7. The van der Waals surface area contributed by atoms with Crippen LogP contribution >= 0.6 is 0 Å². The molecule has 0 spiro atoms. The highest BCUT2D eigenvalue weighted by Crippen LogP contribution is 2.39. The van der Waals surface area contributed by atoms with Gasteiger partial charge in [-0.2, -0.15) is 0 Å². The van der Waals surface area contributed by atoms with Crippen LogP contribution in [-0.4, -0.2) is 23.6 Å². The third-order valence-corrected chi connectivity index (χ3v) is 3.31. The lowest BCUT2D eigenvalue weighted by molar-refractivity contribution is 0.111. The molecule has 2 fully saturated rings. The van der Waals surface area contributed by atoms with Gasteiger partial charge in [0.1, 0.15) is 0 Å². The fourth-order valence-corrected chi connectivity index (χ4v) is 2.36. The summed E-state index contributed by atoms with van der Waals surface area (Å²) in [7, 11) is 0. The van der Waals surface area contributed by atoms with Gasteiger partial charge in [-0.15, -0.1) is 0 Å². The van der Waals surface area contributed by atoms with Crippen molar-refractivity contribution < 1.29 is 9.53 Å². The van der Waals surface area contributed by atoms with Gasteiger partial charge in [0.05, 0.1) is 12.6 Å². The molecular weight excluding hydrogens is 214 g/mol. The van der Waals surface area contributed by atoms with E-state index in [1.165, 1.54) is 5.56 Å². The van der Waals surface area contributed by atoms with Gasteiger partial charge < -0.3 is 4.74 Å². The fourth-order valence-electron chi connectivity index (χ4n) is 2.36. The van der Waals surface area contributed by atoms with E-state index in [0.717, 1.165) is 25.0 Å². The van der Waals surface area contributed by atoms with Gasteiger partial charge in [0.15, 0.2) is 0 Å². The molecule has 1 aromatic carbocycles. The van der Waals surface area contributed by atoms with Crippen molar-refractivity contribution in [2.45, 2.75) is 25.3 Å². The van der Waals surface area contributed by atoms with Crippen LogP contribution in [0.4, 0.5) is 4.79 Å². The molecule has 1 amide bonds. The minimum Gasteiger partial charge on any atom is -0.449 e. The second-order valence-electron chi connectivity index (χ2n) is 4.44. The maximum Gasteiger partial charge on any atom is 0.414 e. The van der Waals surface area contributed by atoms with Crippen molar-refractivity contribution in [1.82, 2.24) is 4.90 Å². The highest BCUT2D eigenvalue weighted by molar-refractivity contribution is 5.77. The van der Waals surface area contributed by atoms with Crippen LogP contribution in [-0.2, 0) is 11.2 Å². The molecule has 1 unspecified atom stereocenters. The Bertz CT molecular complexity index is 453. The number of benzene rings is 1. The molecule has 3 rings (SSSR count). The number of ether oxygens (including phenoxy) is 1. The normalized spacial score (nSPS) is 24.5. The second kappa shape index (κ2) is 4.24. The molecule has 0 aliphatic carbocycles. The zero-order valence-corrected chi connectivity index (χ0v) is 9.63. The number of carbonyl (C=O) groups excluding carboxylic acids is 1. The number of carbonyl (C=O) groups is 1. The van der Waals surface area contributed by atoms with Crippen molar-refractivity contribution in [3.63, 3.8) is 0 Å². The molecule has 0 aromatic heterocycles. The van der Waals surface area contributed by atoms with E-state index < -0.39 is 0 Å². The first-order valence-corrected chi connectivity index (χ1v) is 6.06. The lowest BCUT2D eigenvalue weighted by atomic mass is 10.1. The fraction of sp³-hybridized carbons (Fsp3) is 0.357. The van der Waals surface area contributed by atoms with Crippen molar-refractivity contribution in [3.8, 4) is 0 Å². The van der Waals surface area contributed by atoms with Gasteiger partial charge in [-0.25, -0.2) is 4.79 Å². The Morgan fingerprint density at radius 3 is 2.94 bits per heavy atom. The molecule has 3 heteroatoms. The molecule has 0 N–H and O–H groups in total. The molecule has 0 radical (unpaired) electrons. The molecule has 2 aliphatic heterocycles. The molecule has 0 bridgehead atoms. The number of hydrogen-bond donors (Lipinski definition) is 0. The number of hydrogen-bond acceptors (Lipinski definition) is 2. The molecule has 17 heavy (non-hydrogen) atoms. The van der Waals surface area contributed by atoms with Crippen LogP contribution in [0, 0.1) is 0 Å². The van der Waals surface area contributed by atoms with Crippen LogP contribution in [0.3, 0.4) is 0 Å². The number of cyclic esters (lactones) is 1. The maximum atomic E-state index is 11.3. The Labute approximate surface area is 101 Å². The van der Waals surface area contributed by atoms with Crippen LogP contribution in [0.2, 0.25) is 0 Å². The van der Waals surface area contributed by atoms with Crippen molar-refractivity contribution in [1.29, 1.82) is 0 Å². The van der Waals surface area contributed by atoms with E-state index in [4.69, 9.17) is 4.74 Å². The highest BCUT2D eigenvalue weighted by atomic mass is 16.6. The average molecular weight is 229 g/mol. The van der Waals surface area contributed by atoms with Crippen molar-refractivity contribution >= 4 is 6.09 Å². The first kappa shape index (κ1) is 10.4. The van der Waals surface area contributed by atoms with E-state index in [0.29, 0.717) is 12.6 Å². The number of nitrogens with zero attached hydrogens (tertiary/aromatic N) is 1. The number of fused-ring (bicyclic) bond motifs is 1. The van der Waals surface area contributed by atoms with E-state index in [1.54, 1.807) is 4.90 Å². The minimum atomic E-state index is -0.174. The summed E-state index contributed by atoms with van der Waals surface area (Å²) in [5.74, 6) is 0. The quantitative estimate of drug-likeness (QED) is 0.746. The first-order chi connectivity index (χ1) is 8.36. The monoisotopic (exact) mass is 229 g/mol. The van der Waals surface area contributed by atoms with Gasteiger partial charge in [0.2, 0.25) is 0 Å². The molecule has 1 atom stereocenters. The third kappa shape index (κ3) is 2.05. The minimum absolute atomic E-state index is 0.174. The summed E-state index contributed by atoms with van der Waals surface area (Å²) < 4.78 is 4.97. The van der Waals surface area contributed by atoms with Gasteiger partial charge in [0.25, 0.3) is 0 Å². The van der Waals surface area contributed by atoms with E-state index >= 15 is 0 Å². The SMILES string of the molecule is O=C1OCCC2C(=CCCc3ccccc3)N12. The summed E-state index contributed by atoms with van der Waals surface area (Å²) in [4.78, 5) is 13.1. The first-order valence-electron chi connectivity index (χ1n) is 6.06. The standard InChI is InChI=1S/C14H15NO2/c16-14-15-12(13(15)9-10-17-14)8-4-7-11-5-2-1-3-6-11/h1-3,5-6,8,13H,4,7,9-10H2. The van der Waals surface area contributed by atoms with Crippen molar-refractivity contribution in [2.75, 3.05) is 6.61 Å². The molecule has 2 saturated heterocycles. The van der Waals surface area contributed by atoms with Crippen LogP contribution in [0.25, 0.3) is 0 Å². The van der Waals surface area contributed by atoms with E-state index in [9.17, 15) is 4.79 Å². The molecule has 2 aliphatic rings. The van der Waals surface area contributed by atoms with Crippen LogP contribution in [0.5, 0.6) is 0 Å². The number of amides is 1. The number of allylic oxidation sites excluding steroid dienone is 1. The molecular formula is C14H15NO2. The van der Waals surface area contributed by atoms with Crippen molar-refractivity contribution in [3.05, 3.63) is 47.7 Å². The predicted molar refractivity (Wildman–Crippen MR) is 64.4 cm³/mol. The smallest absolute Gasteiger partial charge is 0.414 e. The average Bonchev–Trinajstić information content (AvgIpc) is 3.06. The summed E-state index contributed by atoms with van der Waals surface area (Å²) >= 11 is 0. The Hall–Kier alpha value is -1.77. The van der Waals surface area contributed by atoms with Gasteiger partial charge in [0, 0.05) is 12.1 Å². The lowest BCUT2D eigenvalue weighted by Crippen LogP contribution is -2.22. The van der Waals surface area contributed by atoms with Gasteiger partial charge in [-0.3, -0.25) is 4.90 Å². The molecule has 1 aromatic rings. The number of rotatable bonds is 3. The van der Waals surface area contributed by atoms with Gasteiger partial charge in [-0.1, -0.05) is 36.4 Å². The van der Waals surface area contributed by atoms with Crippen LogP contribution < -0.4 is 0 Å². The maximum absolute atomic E-state index is 11.3. The molecule has 0 saturated carbocycles. The largest absolute Gasteiger partial charge is 0.449 e. The van der Waals surface area contributed by atoms with Gasteiger partial charge >= 0.3 is 6.09 Å². The Morgan fingerprint density at radius 1 is 1.35 bits per heavy atom. The summed E-state index contributed by atoms with van der Waals surface area (Å²) in [6.07, 6.45) is 4.96. The van der Waals surface area contributed by atoms with E-state index in [1.807, 2.05) is 6.07 Å². The van der Waals surface area contributed by atoms with Crippen molar-refractivity contribution in [2.24, 2.45) is 0 Å². The number of aryl methyl sites for hydroxylation is 1. The molecule has 88 valence electrons. The van der Waals surface area contributed by atoms with Gasteiger partial charge in [-0.05, 0) is 18.4 Å². The third-order valence-electron chi connectivity index (χ3n) is 3.31. The highest BCUT2D eigenvalue weighted by Gasteiger charge is 2.48. The summed E-state index contributed by atoms with van der Waals surface area (Å²) in [6.45, 7) is 0.566. The topological polar surface area (TPSA) is 29.3 Å². The molecule has 2 heterocycles. The summed E-state index contributed by atoms with van der Waals surface area (Å²) in [5, 5.41) is 0. The predicted octanol–water partition coefficient (Wildman–Crippen LogP) is 2.73. The second-order valence-corrected chi connectivity index (χ2v) is 4.44. The van der Waals surface area contributed by atoms with E-state index in [2.05, 4.69) is 30.3 Å². The summed E-state index contributed by atoms with van der Waals surface area (Å²) in [5.41, 5.74) is 2.49. The lowest BCUT2D eigenvalue weighted by Gasteiger charge is -2.09. The Kier molecular flexibility index (Phi) is 2.59. The van der Waals surface area contributed by atoms with E-state index in [-0.39, 0.29) is 6.09 Å². The zero-order valence-electron chi connectivity index (χ0n) is 9.63. The zero-order chi connectivity index (χ0) is 11.7. The Morgan fingerprint density at radius 2 is 2.18 bits per heavy atom.